The number of hydrogen-bond acceptors (Lipinski definition) is 2. The van der Waals surface area contributed by atoms with Crippen LogP contribution < -0.4 is 10.1 Å². The molecule has 0 aliphatic rings. The van der Waals surface area contributed by atoms with Gasteiger partial charge in [0.15, 0.2) is 0 Å². The standard InChI is InChI=1S/C16H17NO2/c1-12-6-8-14(9-7-12)11-19-16-5-3-4-15(10-16)17-13(2)18/h3-10H,11H2,1-2H3,(H,17,18). The first-order valence-corrected chi connectivity index (χ1v) is 6.19. The highest BCUT2D eigenvalue weighted by atomic mass is 16.5. The molecule has 98 valence electrons. The molecule has 0 spiro atoms. The Morgan fingerprint density at radius 2 is 1.89 bits per heavy atom. The van der Waals surface area contributed by atoms with Crippen molar-refractivity contribution in [2.45, 2.75) is 20.5 Å². The van der Waals surface area contributed by atoms with Gasteiger partial charge in [0, 0.05) is 18.7 Å². The lowest BCUT2D eigenvalue weighted by atomic mass is 10.2. The summed E-state index contributed by atoms with van der Waals surface area (Å²) >= 11 is 0. The summed E-state index contributed by atoms with van der Waals surface area (Å²) in [5.74, 6) is 0.655. The van der Waals surface area contributed by atoms with Crippen LogP contribution in [0.2, 0.25) is 0 Å². The van der Waals surface area contributed by atoms with Crippen LogP contribution >= 0.6 is 0 Å². The number of rotatable bonds is 4. The maximum atomic E-state index is 11.0. The summed E-state index contributed by atoms with van der Waals surface area (Å²) in [6, 6.07) is 15.6. The second-order valence-corrected chi connectivity index (χ2v) is 4.48. The smallest absolute Gasteiger partial charge is 0.221 e. The van der Waals surface area contributed by atoms with E-state index in [-0.39, 0.29) is 5.91 Å². The SMILES string of the molecule is CC(=O)Nc1cccc(OCc2ccc(C)cc2)c1. The fourth-order valence-electron chi connectivity index (χ4n) is 1.72. The Bertz CT molecular complexity index is 561. The van der Waals surface area contributed by atoms with Gasteiger partial charge in [0.25, 0.3) is 0 Å². The van der Waals surface area contributed by atoms with E-state index < -0.39 is 0 Å². The van der Waals surface area contributed by atoms with Gasteiger partial charge in [-0.2, -0.15) is 0 Å². The highest BCUT2D eigenvalue weighted by Gasteiger charge is 1.99. The Morgan fingerprint density at radius 3 is 2.58 bits per heavy atom. The van der Waals surface area contributed by atoms with Crippen LogP contribution in [0, 0.1) is 6.92 Å². The molecule has 0 bridgehead atoms. The Labute approximate surface area is 113 Å². The number of carbonyl (C=O) groups excluding carboxylic acids is 1. The molecule has 1 N–H and O–H groups in total. The minimum Gasteiger partial charge on any atom is -0.489 e. The molecule has 0 aromatic heterocycles. The van der Waals surface area contributed by atoms with E-state index in [0.717, 1.165) is 17.0 Å². The van der Waals surface area contributed by atoms with E-state index in [4.69, 9.17) is 4.74 Å². The summed E-state index contributed by atoms with van der Waals surface area (Å²) < 4.78 is 5.70. The average molecular weight is 255 g/mol. The van der Waals surface area contributed by atoms with Gasteiger partial charge in [0.05, 0.1) is 0 Å². The van der Waals surface area contributed by atoms with Gasteiger partial charge >= 0.3 is 0 Å². The van der Waals surface area contributed by atoms with E-state index in [2.05, 4.69) is 24.4 Å². The van der Waals surface area contributed by atoms with Crippen molar-refractivity contribution in [1.29, 1.82) is 0 Å². The topological polar surface area (TPSA) is 38.3 Å². The number of carbonyl (C=O) groups is 1. The molecule has 0 fully saturated rings. The number of aryl methyl sites for hydroxylation is 1. The van der Waals surface area contributed by atoms with E-state index >= 15 is 0 Å². The van der Waals surface area contributed by atoms with Crippen LogP contribution in [0.1, 0.15) is 18.1 Å². The normalized spacial score (nSPS) is 10.0. The number of nitrogens with one attached hydrogen (secondary N) is 1. The van der Waals surface area contributed by atoms with Crippen LogP contribution in [0.4, 0.5) is 5.69 Å². The van der Waals surface area contributed by atoms with Crippen molar-refractivity contribution >= 4 is 11.6 Å². The zero-order chi connectivity index (χ0) is 13.7. The van der Waals surface area contributed by atoms with Gasteiger partial charge in [-0.05, 0) is 24.6 Å². The van der Waals surface area contributed by atoms with Crippen LogP contribution in [-0.4, -0.2) is 5.91 Å². The summed E-state index contributed by atoms with van der Waals surface area (Å²) in [7, 11) is 0. The first kappa shape index (κ1) is 13.1. The van der Waals surface area contributed by atoms with Gasteiger partial charge in [0.1, 0.15) is 12.4 Å². The molecule has 19 heavy (non-hydrogen) atoms. The Morgan fingerprint density at radius 1 is 1.16 bits per heavy atom. The van der Waals surface area contributed by atoms with Gasteiger partial charge in [-0.25, -0.2) is 0 Å². The molecule has 0 unspecified atom stereocenters. The fraction of sp³-hybridized carbons (Fsp3) is 0.188. The Hall–Kier alpha value is -2.29. The third-order valence-electron chi connectivity index (χ3n) is 2.68. The van der Waals surface area contributed by atoms with Crippen molar-refractivity contribution in [3.63, 3.8) is 0 Å². The van der Waals surface area contributed by atoms with Crippen molar-refractivity contribution in [3.05, 3.63) is 59.7 Å². The maximum Gasteiger partial charge on any atom is 0.221 e. The van der Waals surface area contributed by atoms with Crippen LogP contribution in [0.25, 0.3) is 0 Å². The number of benzene rings is 2. The molecule has 0 saturated heterocycles. The van der Waals surface area contributed by atoms with Crippen LogP contribution in [0.5, 0.6) is 5.75 Å². The number of anilines is 1. The van der Waals surface area contributed by atoms with E-state index in [1.165, 1.54) is 12.5 Å². The molecule has 2 aromatic rings. The quantitative estimate of drug-likeness (QED) is 0.907. The van der Waals surface area contributed by atoms with Crippen molar-refractivity contribution in [2.24, 2.45) is 0 Å². The van der Waals surface area contributed by atoms with Gasteiger partial charge in [-0.3, -0.25) is 4.79 Å². The lowest BCUT2D eigenvalue weighted by molar-refractivity contribution is -0.114. The third kappa shape index (κ3) is 4.14. The van der Waals surface area contributed by atoms with Gasteiger partial charge in [-0.15, -0.1) is 0 Å². The first-order valence-electron chi connectivity index (χ1n) is 6.19. The molecule has 3 heteroatoms. The lowest BCUT2D eigenvalue weighted by Gasteiger charge is -2.08. The third-order valence-corrected chi connectivity index (χ3v) is 2.68. The Kier molecular flexibility index (Phi) is 4.18. The molecule has 0 aliphatic heterocycles. The molecule has 2 rings (SSSR count). The zero-order valence-electron chi connectivity index (χ0n) is 11.1. The molecule has 2 aromatic carbocycles. The molecular formula is C16H17NO2. The average Bonchev–Trinajstić information content (AvgIpc) is 2.38. The predicted molar refractivity (Wildman–Crippen MR) is 76.3 cm³/mol. The summed E-state index contributed by atoms with van der Waals surface area (Å²) in [5, 5.41) is 2.73. The van der Waals surface area contributed by atoms with Crippen LogP contribution in [0.15, 0.2) is 48.5 Å². The lowest BCUT2D eigenvalue weighted by Crippen LogP contribution is -2.05. The molecule has 0 radical (unpaired) electrons. The molecule has 0 atom stereocenters. The van der Waals surface area contributed by atoms with Crippen molar-refractivity contribution in [1.82, 2.24) is 0 Å². The summed E-state index contributed by atoms with van der Waals surface area (Å²) in [5.41, 5.74) is 3.10. The van der Waals surface area contributed by atoms with E-state index in [0.29, 0.717) is 6.61 Å². The van der Waals surface area contributed by atoms with Crippen molar-refractivity contribution in [3.8, 4) is 5.75 Å². The summed E-state index contributed by atoms with van der Waals surface area (Å²) in [4.78, 5) is 11.0. The molecule has 1 amide bonds. The number of hydrogen-bond donors (Lipinski definition) is 1. The highest BCUT2D eigenvalue weighted by Crippen LogP contribution is 2.18. The Balaban J connectivity index is 1.99. The second-order valence-electron chi connectivity index (χ2n) is 4.48. The van der Waals surface area contributed by atoms with Gasteiger partial charge < -0.3 is 10.1 Å². The largest absolute Gasteiger partial charge is 0.489 e. The minimum atomic E-state index is -0.0873. The minimum absolute atomic E-state index is 0.0873. The number of ether oxygens (including phenoxy) is 1. The van der Waals surface area contributed by atoms with E-state index in [9.17, 15) is 4.79 Å². The van der Waals surface area contributed by atoms with Crippen LogP contribution in [0.3, 0.4) is 0 Å². The van der Waals surface area contributed by atoms with Crippen molar-refractivity contribution in [2.75, 3.05) is 5.32 Å². The van der Waals surface area contributed by atoms with E-state index in [1.807, 2.05) is 36.4 Å². The predicted octanol–water partition coefficient (Wildman–Crippen LogP) is 3.53. The number of amides is 1. The summed E-state index contributed by atoms with van der Waals surface area (Å²) in [6.45, 7) is 4.06. The fourth-order valence-corrected chi connectivity index (χ4v) is 1.72. The van der Waals surface area contributed by atoms with Crippen molar-refractivity contribution < 1.29 is 9.53 Å². The van der Waals surface area contributed by atoms with Gasteiger partial charge in [0.2, 0.25) is 5.91 Å². The molecule has 0 saturated carbocycles. The first-order chi connectivity index (χ1) is 9.13. The zero-order valence-corrected chi connectivity index (χ0v) is 11.1. The highest BCUT2D eigenvalue weighted by molar-refractivity contribution is 5.88. The summed E-state index contributed by atoms with van der Waals surface area (Å²) in [6.07, 6.45) is 0. The molecule has 0 heterocycles. The monoisotopic (exact) mass is 255 g/mol. The molecular weight excluding hydrogens is 238 g/mol. The molecule has 3 nitrogen and oxygen atoms in total. The maximum absolute atomic E-state index is 11.0. The van der Waals surface area contributed by atoms with E-state index in [1.54, 1.807) is 0 Å². The van der Waals surface area contributed by atoms with Crippen LogP contribution in [-0.2, 0) is 11.4 Å². The van der Waals surface area contributed by atoms with Gasteiger partial charge in [-0.1, -0.05) is 35.9 Å². The molecule has 0 aliphatic carbocycles. The second kappa shape index (κ2) is 6.05.